The number of aromatic nitrogens is 1. The summed E-state index contributed by atoms with van der Waals surface area (Å²) >= 11 is 3.32. The Balaban J connectivity index is 1.86. The highest BCUT2D eigenvalue weighted by atomic mass is 79.9. The van der Waals surface area contributed by atoms with Crippen molar-refractivity contribution >= 4 is 15.9 Å². The molecule has 1 aliphatic carbocycles. The highest BCUT2D eigenvalue weighted by molar-refractivity contribution is 9.10. The zero-order valence-electron chi connectivity index (χ0n) is 11.6. The predicted molar refractivity (Wildman–Crippen MR) is 75.1 cm³/mol. The maximum atomic E-state index is 12.6. The number of pyridine rings is 1. The van der Waals surface area contributed by atoms with E-state index in [1.165, 1.54) is 7.11 Å². The van der Waals surface area contributed by atoms with Gasteiger partial charge in [0, 0.05) is 16.2 Å². The van der Waals surface area contributed by atoms with E-state index >= 15 is 0 Å². The summed E-state index contributed by atoms with van der Waals surface area (Å²) in [6.07, 6.45) is -1.43. The normalized spacial score (nSPS) is 23.1. The number of ether oxygens (including phenoxy) is 2. The maximum absolute atomic E-state index is 12.6. The van der Waals surface area contributed by atoms with Crippen LogP contribution in [0.4, 0.5) is 13.2 Å². The lowest BCUT2D eigenvalue weighted by Crippen LogP contribution is -2.30. The van der Waals surface area contributed by atoms with Gasteiger partial charge < -0.3 is 9.47 Å². The van der Waals surface area contributed by atoms with Crippen molar-refractivity contribution in [2.24, 2.45) is 5.92 Å². The van der Waals surface area contributed by atoms with Crippen molar-refractivity contribution in [2.75, 3.05) is 7.11 Å². The molecular weight excluding hydrogens is 351 g/mol. The summed E-state index contributed by atoms with van der Waals surface area (Å²) in [6, 6.07) is 1.84. The van der Waals surface area contributed by atoms with Crippen molar-refractivity contribution in [1.82, 2.24) is 4.98 Å². The first-order chi connectivity index (χ1) is 9.90. The summed E-state index contributed by atoms with van der Waals surface area (Å²) < 4.78 is 49.4. The Morgan fingerprint density at radius 3 is 2.52 bits per heavy atom. The van der Waals surface area contributed by atoms with Crippen LogP contribution in [0.1, 0.15) is 31.2 Å². The molecule has 0 saturated heterocycles. The van der Waals surface area contributed by atoms with E-state index in [9.17, 15) is 13.2 Å². The average Bonchev–Trinajstić information content (AvgIpc) is 2.45. The molecule has 0 atom stereocenters. The third-order valence-electron chi connectivity index (χ3n) is 3.70. The topological polar surface area (TPSA) is 31.4 Å². The fourth-order valence-corrected chi connectivity index (χ4v) is 2.90. The first-order valence-corrected chi connectivity index (χ1v) is 7.56. The molecule has 1 heterocycles. The minimum Gasteiger partial charge on any atom is -0.481 e. The van der Waals surface area contributed by atoms with Crippen molar-refractivity contribution in [3.8, 4) is 5.88 Å². The number of halogens is 4. The Morgan fingerprint density at radius 1 is 1.29 bits per heavy atom. The van der Waals surface area contributed by atoms with Gasteiger partial charge in [0.1, 0.15) is 0 Å². The number of nitrogens with zero attached hydrogens (tertiary/aromatic N) is 1. The molecule has 0 bridgehead atoms. The van der Waals surface area contributed by atoms with Crippen LogP contribution in [0.2, 0.25) is 0 Å². The maximum Gasteiger partial charge on any atom is 0.391 e. The van der Waals surface area contributed by atoms with E-state index in [0.29, 0.717) is 18.7 Å². The third-order valence-corrected chi connectivity index (χ3v) is 4.13. The molecule has 0 spiro atoms. The van der Waals surface area contributed by atoms with Crippen LogP contribution in [-0.4, -0.2) is 24.4 Å². The molecule has 1 saturated carbocycles. The lowest BCUT2D eigenvalue weighted by molar-refractivity contribution is -0.188. The quantitative estimate of drug-likeness (QED) is 0.785. The molecule has 0 radical (unpaired) electrons. The van der Waals surface area contributed by atoms with Crippen LogP contribution in [-0.2, 0) is 11.3 Å². The smallest absolute Gasteiger partial charge is 0.391 e. The van der Waals surface area contributed by atoms with Crippen LogP contribution in [0.5, 0.6) is 5.88 Å². The molecule has 1 fully saturated rings. The summed E-state index contributed by atoms with van der Waals surface area (Å²) in [5.41, 5.74) is 0.782. The van der Waals surface area contributed by atoms with Crippen molar-refractivity contribution < 1.29 is 22.6 Å². The van der Waals surface area contributed by atoms with Crippen molar-refractivity contribution in [2.45, 2.75) is 44.6 Å². The Labute approximate surface area is 130 Å². The van der Waals surface area contributed by atoms with Gasteiger partial charge >= 0.3 is 6.18 Å². The van der Waals surface area contributed by atoms with Crippen LogP contribution >= 0.6 is 15.9 Å². The summed E-state index contributed by atoms with van der Waals surface area (Å²) in [7, 11) is 1.52. The van der Waals surface area contributed by atoms with Crippen molar-refractivity contribution in [3.05, 3.63) is 22.3 Å². The lowest BCUT2D eigenvalue weighted by Gasteiger charge is -2.29. The van der Waals surface area contributed by atoms with Crippen LogP contribution in [0, 0.1) is 5.92 Å². The predicted octanol–water partition coefficient (Wildman–Crippen LogP) is 4.49. The van der Waals surface area contributed by atoms with Crippen molar-refractivity contribution in [3.63, 3.8) is 0 Å². The van der Waals surface area contributed by atoms with Crippen LogP contribution in [0.15, 0.2) is 16.7 Å². The SMILES string of the molecule is COc1ncc(Br)cc1CO[C@H]1CC[C@H](C(F)(F)F)CC1. The standard InChI is InChI=1S/C14H17BrF3NO2/c1-20-13-9(6-11(15)7-19-13)8-21-12-4-2-10(3-5-12)14(16,17)18/h6-7,10,12H,2-5,8H2,1H3/t10-,12-. The molecule has 2 rings (SSSR count). The molecule has 0 aliphatic heterocycles. The molecule has 1 aromatic rings. The Morgan fingerprint density at radius 2 is 1.95 bits per heavy atom. The van der Waals surface area contributed by atoms with Gasteiger partial charge in [-0.05, 0) is 47.7 Å². The highest BCUT2D eigenvalue weighted by Gasteiger charge is 2.41. The second-order valence-corrected chi connectivity index (χ2v) is 6.06. The molecule has 0 amide bonds. The van der Waals surface area contributed by atoms with Gasteiger partial charge in [-0.15, -0.1) is 0 Å². The van der Waals surface area contributed by atoms with Crippen LogP contribution in [0.25, 0.3) is 0 Å². The van der Waals surface area contributed by atoms with Gasteiger partial charge in [-0.25, -0.2) is 4.98 Å². The number of alkyl halides is 3. The molecular formula is C14H17BrF3NO2. The van der Waals surface area contributed by atoms with E-state index in [2.05, 4.69) is 20.9 Å². The number of hydrogen-bond donors (Lipinski definition) is 0. The average molecular weight is 368 g/mol. The first-order valence-electron chi connectivity index (χ1n) is 6.77. The van der Waals surface area contributed by atoms with Gasteiger partial charge in [-0.3, -0.25) is 0 Å². The van der Waals surface area contributed by atoms with E-state index in [0.717, 1.165) is 10.0 Å². The van der Waals surface area contributed by atoms with Gasteiger partial charge in [0.15, 0.2) is 0 Å². The number of hydrogen-bond acceptors (Lipinski definition) is 3. The molecule has 1 aliphatic rings. The Hall–Kier alpha value is -0.820. The second kappa shape index (κ2) is 6.96. The zero-order valence-corrected chi connectivity index (χ0v) is 13.2. The minimum absolute atomic E-state index is 0.132. The number of rotatable bonds is 4. The molecule has 21 heavy (non-hydrogen) atoms. The molecule has 0 unspecified atom stereocenters. The fourth-order valence-electron chi connectivity index (χ4n) is 2.52. The molecule has 3 nitrogen and oxygen atoms in total. The summed E-state index contributed by atoms with van der Waals surface area (Å²) in [5, 5.41) is 0. The second-order valence-electron chi connectivity index (χ2n) is 5.15. The molecule has 0 N–H and O–H groups in total. The molecule has 7 heteroatoms. The third kappa shape index (κ3) is 4.57. The van der Waals surface area contributed by atoms with Gasteiger partial charge in [0.05, 0.1) is 25.7 Å². The van der Waals surface area contributed by atoms with E-state index in [1.807, 2.05) is 6.07 Å². The van der Waals surface area contributed by atoms with E-state index in [-0.39, 0.29) is 25.6 Å². The largest absolute Gasteiger partial charge is 0.481 e. The number of methoxy groups -OCH3 is 1. The van der Waals surface area contributed by atoms with Gasteiger partial charge in [-0.2, -0.15) is 13.2 Å². The minimum atomic E-state index is -4.08. The Bertz CT molecular complexity index is 474. The van der Waals surface area contributed by atoms with Crippen molar-refractivity contribution in [1.29, 1.82) is 0 Å². The molecule has 0 aromatic carbocycles. The van der Waals surface area contributed by atoms with Gasteiger partial charge in [0.2, 0.25) is 5.88 Å². The van der Waals surface area contributed by atoms with E-state index in [4.69, 9.17) is 9.47 Å². The summed E-state index contributed by atoms with van der Waals surface area (Å²) in [5.74, 6) is -0.707. The van der Waals surface area contributed by atoms with Gasteiger partial charge in [-0.1, -0.05) is 0 Å². The highest BCUT2D eigenvalue weighted by Crippen LogP contribution is 2.38. The zero-order chi connectivity index (χ0) is 15.5. The van der Waals surface area contributed by atoms with E-state index in [1.54, 1.807) is 6.20 Å². The summed E-state index contributed by atoms with van der Waals surface area (Å²) in [4.78, 5) is 4.11. The van der Waals surface area contributed by atoms with E-state index < -0.39 is 12.1 Å². The van der Waals surface area contributed by atoms with Gasteiger partial charge in [0.25, 0.3) is 0 Å². The first kappa shape index (κ1) is 16.5. The molecule has 118 valence electrons. The van der Waals surface area contributed by atoms with Crippen LogP contribution < -0.4 is 4.74 Å². The lowest BCUT2D eigenvalue weighted by atomic mass is 9.87. The monoisotopic (exact) mass is 367 g/mol. The fraction of sp³-hybridized carbons (Fsp3) is 0.643. The Kier molecular flexibility index (Phi) is 5.48. The summed E-state index contributed by atoms with van der Waals surface area (Å²) in [6.45, 7) is 0.289. The molecule has 1 aromatic heterocycles. The van der Waals surface area contributed by atoms with Crippen LogP contribution in [0.3, 0.4) is 0 Å².